The number of carboxylic acids is 1. The lowest BCUT2D eigenvalue weighted by Crippen LogP contribution is -2.03. The Labute approximate surface area is 189 Å². The summed E-state index contributed by atoms with van der Waals surface area (Å²) in [6.07, 6.45) is 3.40. The molecule has 0 saturated carbocycles. The topological polar surface area (TPSA) is 89.3 Å². The summed E-state index contributed by atoms with van der Waals surface area (Å²) in [5.41, 5.74) is 2.43. The summed E-state index contributed by atoms with van der Waals surface area (Å²) in [5.74, 6) is -1.15. The molecule has 0 bridgehead atoms. The highest BCUT2D eigenvalue weighted by molar-refractivity contribution is 9.10. The van der Waals surface area contributed by atoms with Gasteiger partial charge in [-0.2, -0.15) is 0 Å². The van der Waals surface area contributed by atoms with Crippen LogP contribution in [0, 0.1) is 0 Å². The molecule has 0 saturated heterocycles. The van der Waals surface area contributed by atoms with Crippen LogP contribution in [0.15, 0.2) is 73.3 Å². The number of thiophene rings is 1. The average molecular weight is 523 g/mol. The van der Waals surface area contributed by atoms with Crippen LogP contribution in [0.2, 0.25) is 0 Å². The van der Waals surface area contributed by atoms with Crippen LogP contribution >= 0.6 is 39.0 Å². The first-order chi connectivity index (χ1) is 14.3. The molecule has 2 aromatic carbocycles. The van der Waals surface area contributed by atoms with E-state index in [1.165, 1.54) is 23.9 Å². The second-order valence-corrected chi connectivity index (χ2v) is 11.3. The number of carboxylic acid groups (broad SMARTS) is 1. The van der Waals surface area contributed by atoms with Gasteiger partial charge in [0.25, 0.3) is 0 Å². The molecule has 0 aliphatic rings. The highest BCUT2D eigenvalue weighted by Gasteiger charge is 2.27. The maximum Gasteiger partial charge on any atom is 0.345 e. The van der Waals surface area contributed by atoms with Gasteiger partial charge in [0, 0.05) is 11.0 Å². The fraction of sp³-hybridized carbons (Fsp3) is 0.100. The molecule has 0 fully saturated rings. The van der Waals surface area contributed by atoms with Crippen molar-refractivity contribution in [3.05, 3.63) is 69.8 Å². The van der Waals surface area contributed by atoms with E-state index in [1.807, 2.05) is 34.9 Å². The van der Waals surface area contributed by atoms with E-state index in [4.69, 9.17) is 0 Å². The molecule has 4 rings (SSSR count). The number of nitrogens with zero attached hydrogens (tertiary/aromatic N) is 2. The van der Waals surface area contributed by atoms with E-state index in [2.05, 4.69) is 20.9 Å². The van der Waals surface area contributed by atoms with Crippen molar-refractivity contribution in [1.82, 2.24) is 9.55 Å². The third-order valence-electron chi connectivity index (χ3n) is 4.50. The molecule has 2 heterocycles. The Morgan fingerprint density at radius 2 is 1.97 bits per heavy atom. The Kier molecular flexibility index (Phi) is 5.75. The van der Waals surface area contributed by atoms with Crippen molar-refractivity contribution in [2.24, 2.45) is 0 Å². The molecule has 30 heavy (non-hydrogen) atoms. The van der Waals surface area contributed by atoms with E-state index in [0.717, 1.165) is 22.4 Å². The monoisotopic (exact) mass is 522 g/mol. The van der Waals surface area contributed by atoms with Crippen LogP contribution in [0.1, 0.15) is 15.2 Å². The smallest absolute Gasteiger partial charge is 0.345 e. The molecule has 1 N–H and O–H groups in total. The molecule has 0 aliphatic carbocycles. The second kappa shape index (κ2) is 8.18. The number of hydrogen-bond acceptors (Lipinski definition) is 6. The predicted octanol–water partition coefficient (Wildman–Crippen LogP) is 5.16. The summed E-state index contributed by atoms with van der Waals surface area (Å²) in [6.45, 7) is 0.602. The van der Waals surface area contributed by atoms with Crippen LogP contribution < -0.4 is 0 Å². The summed E-state index contributed by atoms with van der Waals surface area (Å²) in [6, 6.07) is 14.2. The maximum absolute atomic E-state index is 13.3. The number of aromatic nitrogens is 2. The molecule has 0 spiro atoms. The van der Waals surface area contributed by atoms with Crippen LogP contribution in [0.25, 0.3) is 11.0 Å². The fourth-order valence-electron chi connectivity index (χ4n) is 3.11. The van der Waals surface area contributed by atoms with E-state index in [1.54, 1.807) is 18.6 Å². The van der Waals surface area contributed by atoms with Gasteiger partial charge in [-0.3, -0.25) is 0 Å². The van der Waals surface area contributed by atoms with Crippen molar-refractivity contribution in [3.63, 3.8) is 0 Å². The van der Waals surface area contributed by atoms with E-state index in [0.29, 0.717) is 20.7 Å². The number of rotatable bonds is 6. The lowest BCUT2D eigenvalue weighted by atomic mass is 10.2. The molecule has 0 atom stereocenters. The number of carbonyl (C=O) groups is 1. The number of halogens is 1. The van der Waals surface area contributed by atoms with Gasteiger partial charge >= 0.3 is 5.97 Å². The summed E-state index contributed by atoms with van der Waals surface area (Å²) in [7, 11) is -3.91. The van der Waals surface area contributed by atoms with Crippen LogP contribution in [-0.4, -0.2) is 35.3 Å². The third-order valence-corrected chi connectivity index (χ3v) is 9.38. The van der Waals surface area contributed by atoms with Crippen molar-refractivity contribution >= 4 is 65.9 Å². The zero-order valence-electron chi connectivity index (χ0n) is 15.6. The zero-order valence-corrected chi connectivity index (χ0v) is 19.6. The van der Waals surface area contributed by atoms with Gasteiger partial charge in [-0.1, -0.05) is 30.3 Å². The minimum absolute atomic E-state index is 0.00682. The average Bonchev–Trinajstić information content (AvgIpc) is 3.34. The summed E-state index contributed by atoms with van der Waals surface area (Å²) < 4.78 is 29.6. The number of fused-ring (bicyclic) bond motifs is 1. The van der Waals surface area contributed by atoms with Crippen molar-refractivity contribution < 1.29 is 18.3 Å². The molecule has 6 nitrogen and oxygen atoms in total. The van der Waals surface area contributed by atoms with Crippen molar-refractivity contribution in [3.8, 4) is 0 Å². The first-order valence-corrected chi connectivity index (χ1v) is 13.0. The molecule has 0 radical (unpaired) electrons. The maximum atomic E-state index is 13.3. The number of benzene rings is 2. The van der Waals surface area contributed by atoms with Gasteiger partial charge in [0.2, 0.25) is 9.84 Å². The van der Waals surface area contributed by atoms with E-state index < -0.39 is 15.8 Å². The fourth-order valence-corrected chi connectivity index (χ4v) is 7.82. The zero-order chi connectivity index (χ0) is 21.5. The van der Waals surface area contributed by atoms with Gasteiger partial charge in [0.05, 0.1) is 31.4 Å². The quantitative estimate of drug-likeness (QED) is 0.351. The van der Waals surface area contributed by atoms with Crippen molar-refractivity contribution in [2.45, 2.75) is 20.5 Å². The highest BCUT2D eigenvalue weighted by Crippen LogP contribution is 2.38. The normalized spacial score (nSPS) is 11.8. The van der Waals surface area contributed by atoms with Gasteiger partial charge in [0.15, 0.2) is 0 Å². The SMILES string of the molecule is CSc1sc(C(=O)O)cc1S(=O)(=O)c1cc(Br)c2c(c1)ncn2Cc1ccccc1. The van der Waals surface area contributed by atoms with E-state index in [-0.39, 0.29) is 14.7 Å². The molecule has 2 aromatic heterocycles. The summed E-state index contributed by atoms with van der Waals surface area (Å²) in [4.78, 5) is 15.8. The lowest BCUT2D eigenvalue weighted by Gasteiger charge is -2.09. The molecular formula is C20H15BrN2O4S3. The first kappa shape index (κ1) is 21.1. The Morgan fingerprint density at radius 1 is 1.23 bits per heavy atom. The van der Waals surface area contributed by atoms with E-state index >= 15 is 0 Å². The van der Waals surface area contributed by atoms with Crippen LogP contribution in [0.5, 0.6) is 0 Å². The molecule has 0 unspecified atom stereocenters. The number of thioether (sulfide) groups is 1. The van der Waals surface area contributed by atoms with Gasteiger partial charge in [-0.25, -0.2) is 18.2 Å². The largest absolute Gasteiger partial charge is 0.477 e. The molecule has 0 aliphatic heterocycles. The molecule has 154 valence electrons. The van der Waals surface area contributed by atoms with E-state index in [9.17, 15) is 18.3 Å². The molecule has 0 amide bonds. The standard InChI is InChI=1S/C20H15BrN2O4S3/c1-28-20-17(9-16(29-20)19(24)25)30(26,27)13-7-14(21)18-15(8-13)22-11-23(18)10-12-5-3-2-4-6-12/h2-9,11H,10H2,1H3,(H,24,25). The van der Waals surface area contributed by atoms with Gasteiger partial charge in [-0.15, -0.1) is 23.1 Å². The van der Waals surface area contributed by atoms with Crippen molar-refractivity contribution in [1.29, 1.82) is 0 Å². The Balaban J connectivity index is 1.80. The van der Waals surface area contributed by atoms with Crippen LogP contribution in [-0.2, 0) is 16.4 Å². The second-order valence-electron chi connectivity index (χ2n) is 6.41. The van der Waals surface area contributed by atoms with Crippen LogP contribution in [0.3, 0.4) is 0 Å². The summed E-state index contributed by atoms with van der Waals surface area (Å²) >= 11 is 5.67. The molecular weight excluding hydrogens is 508 g/mol. The van der Waals surface area contributed by atoms with Gasteiger partial charge < -0.3 is 9.67 Å². The van der Waals surface area contributed by atoms with Gasteiger partial charge in [-0.05, 0) is 45.9 Å². The first-order valence-electron chi connectivity index (χ1n) is 8.66. The lowest BCUT2D eigenvalue weighted by molar-refractivity contribution is 0.0702. The minimum atomic E-state index is -3.91. The number of sulfone groups is 1. The Bertz CT molecular complexity index is 1360. The Hall–Kier alpha value is -2.14. The predicted molar refractivity (Wildman–Crippen MR) is 121 cm³/mol. The molecule has 4 aromatic rings. The van der Waals surface area contributed by atoms with Crippen molar-refractivity contribution in [2.75, 3.05) is 6.26 Å². The number of hydrogen-bond donors (Lipinski definition) is 1. The summed E-state index contributed by atoms with van der Waals surface area (Å²) in [5, 5.41) is 9.25. The highest BCUT2D eigenvalue weighted by atomic mass is 79.9. The number of imidazole rings is 1. The minimum Gasteiger partial charge on any atom is -0.477 e. The number of aromatic carboxylic acids is 1. The van der Waals surface area contributed by atoms with Crippen LogP contribution in [0.4, 0.5) is 0 Å². The van der Waals surface area contributed by atoms with Gasteiger partial charge in [0.1, 0.15) is 4.88 Å². The molecule has 10 heteroatoms. The Morgan fingerprint density at radius 3 is 2.63 bits per heavy atom. The third kappa shape index (κ3) is 3.80.